The fourth-order valence-corrected chi connectivity index (χ4v) is 1.85. The maximum atomic E-state index is 8.77. The Bertz CT molecular complexity index is 597. The first-order valence-electron chi connectivity index (χ1n) is 5.69. The van der Waals surface area contributed by atoms with E-state index in [0.717, 1.165) is 17.7 Å². The van der Waals surface area contributed by atoms with E-state index in [1.54, 1.807) is 7.11 Å². The van der Waals surface area contributed by atoms with Crippen LogP contribution in [0.2, 0.25) is 0 Å². The number of hydrogen-bond donors (Lipinski definition) is 0. The van der Waals surface area contributed by atoms with Crippen molar-refractivity contribution in [2.75, 3.05) is 7.11 Å². The molecule has 0 bridgehead atoms. The van der Waals surface area contributed by atoms with Gasteiger partial charge in [-0.05, 0) is 30.7 Å². The lowest BCUT2D eigenvalue weighted by Crippen LogP contribution is -1.85. The van der Waals surface area contributed by atoms with Crippen LogP contribution in [0, 0.1) is 17.2 Å². The second kappa shape index (κ2) is 4.15. The quantitative estimate of drug-likeness (QED) is 0.824. The Kier molecular flexibility index (Phi) is 2.49. The molecule has 3 rings (SSSR count). The van der Waals surface area contributed by atoms with Gasteiger partial charge in [0, 0.05) is 5.56 Å². The van der Waals surface area contributed by atoms with Gasteiger partial charge in [0.05, 0.1) is 25.0 Å². The van der Waals surface area contributed by atoms with Crippen LogP contribution in [0.15, 0.2) is 28.8 Å². The molecule has 5 nitrogen and oxygen atoms in total. The van der Waals surface area contributed by atoms with Gasteiger partial charge in [-0.25, -0.2) is 0 Å². The molecule has 1 aromatic heterocycles. The van der Waals surface area contributed by atoms with Crippen LogP contribution in [0.25, 0.3) is 11.4 Å². The minimum absolute atomic E-state index is 0.0363. The van der Waals surface area contributed by atoms with E-state index in [9.17, 15) is 0 Å². The molecule has 0 radical (unpaired) electrons. The molecule has 1 heterocycles. The third-order valence-corrected chi connectivity index (χ3v) is 3.06. The van der Waals surface area contributed by atoms with E-state index in [4.69, 9.17) is 14.5 Å². The Morgan fingerprint density at radius 3 is 2.78 bits per heavy atom. The minimum Gasteiger partial charge on any atom is -0.497 e. The van der Waals surface area contributed by atoms with Gasteiger partial charge in [-0.2, -0.15) is 10.2 Å². The third-order valence-electron chi connectivity index (χ3n) is 3.06. The predicted molar refractivity (Wildman–Crippen MR) is 62.7 cm³/mol. The fraction of sp³-hybridized carbons (Fsp3) is 0.308. The highest BCUT2D eigenvalue weighted by Gasteiger charge is 2.43. The molecule has 0 saturated heterocycles. The lowest BCUT2D eigenvalue weighted by molar-refractivity contribution is 0.378. The van der Waals surface area contributed by atoms with Gasteiger partial charge < -0.3 is 9.26 Å². The molecule has 0 aliphatic heterocycles. The molecule has 1 fully saturated rings. The number of nitriles is 1. The smallest absolute Gasteiger partial charge is 0.231 e. The molecule has 90 valence electrons. The highest BCUT2D eigenvalue weighted by molar-refractivity contribution is 5.55. The van der Waals surface area contributed by atoms with Gasteiger partial charge in [0.25, 0.3) is 0 Å². The number of hydrogen-bond acceptors (Lipinski definition) is 5. The van der Waals surface area contributed by atoms with Gasteiger partial charge in [0.15, 0.2) is 0 Å². The van der Waals surface area contributed by atoms with Crippen molar-refractivity contribution in [3.8, 4) is 23.2 Å². The molecule has 0 amide bonds. The van der Waals surface area contributed by atoms with Crippen LogP contribution >= 0.6 is 0 Å². The molecule has 1 aliphatic rings. The standard InChI is InChI=1S/C13H11N3O2/c1-17-10-4-2-8(3-5-10)12-15-13(18-16-12)11-6-9(11)7-14/h2-5,9,11H,6H2,1H3. The van der Waals surface area contributed by atoms with Crippen LogP contribution in [0.4, 0.5) is 0 Å². The number of nitrogens with zero attached hydrogens (tertiary/aromatic N) is 3. The Labute approximate surface area is 104 Å². The zero-order valence-electron chi connectivity index (χ0n) is 9.83. The minimum atomic E-state index is 0.0363. The number of rotatable bonds is 3. The van der Waals surface area contributed by atoms with E-state index in [1.807, 2.05) is 24.3 Å². The normalized spacial score (nSPS) is 21.3. The van der Waals surface area contributed by atoms with E-state index >= 15 is 0 Å². The highest BCUT2D eigenvalue weighted by atomic mass is 16.5. The lowest BCUT2D eigenvalue weighted by Gasteiger charge is -1.98. The second-order valence-electron chi connectivity index (χ2n) is 4.26. The van der Waals surface area contributed by atoms with Crippen molar-refractivity contribution in [2.45, 2.75) is 12.3 Å². The van der Waals surface area contributed by atoms with Gasteiger partial charge in [-0.1, -0.05) is 5.16 Å². The lowest BCUT2D eigenvalue weighted by atomic mass is 10.2. The van der Waals surface area contributed by atoms with Crippen molar-refractivity contribution >= 4 is 0 Å². The van der Waals surface area contributed by atoms with Gasteiger partial charge in [0.2, 0.25) is 11.7 Å². The maximum Gasteiger partial charge on any atom is 0.231 e. The molecule has 2 atom stereocenters. The Morgan fingerprint density at radius 2 is 2.17 bits per heavy atom. The average Bonchev–Trinajstić information content (AvgIpc) is 3.06. The van der Waals surface area contributed by atoms with E-state index in [0.29, 0.717) is 11.7 Å². The number of benzene rings is 1. The predicted octanol–water partition coefficient (Wildman–Crippen LogP) is 2.37. The summed E-state index contributed by atoms with van der Waals surface area (Å²) < 4.78 is 10.3. The highest BCUT2D eigenvalue weighted by Crippen LogP contribution is 2.46. The Balaban J connectivity index is 1.82. The first-order chi connectivity index (χ1) is 8.81. The SMILES string of the molecule is COc1ccc(-c2noc(C3CC3C#N)n2)cc1. The summed E-state index contributed by atoms with van der Waals surface area (Å²) >= 11 is 0. The van der Waals surface area contributed by atoms with Crippen molar-refractivity contribution in [1.29, 1.82) is 5.26 Å². The van der Waals surface area contributed by atoms with Crippen molar-refractivity contribution in [3.63, 3.8) is 0 Å². The largest absolute Gasteiger partial charge is 0.497 e. The van der Waals surface area contributed by atoms with E-state index in [-0.39, 0.29) is 11.8 Å². The average molecular weight is 241 g/mol. The molecule has 0 spiro atoms. The summed E-state index contributed by atoms with van der Waals surface area (Å²) in [6.45, 7) is 0. The Hall–Kier alpha value is -2.35. The molecule has 1 aliphatic carbocycles. The monoisotopic (exact) mass is 241 g/mol. The first-order valence-corrected chi connectivity index (χ1v) is 5.69. The van der Waals surface area contributed by atoms with E-state index in [1.165, 1.54) is 0 Å². The summed E-state index contributed by atoms with van der Waals surface area (Å²) in [5.74, 6) is 2.06. The van der Waals surface area contributed by atoms with Gasteiger partial charge in [-0.3, -0.25) is 0 Å². The van der Waals surface area contributed by atoms with Crippen LogP contribution in [0.1, 0.15) is 18.2 Å². The van der Waals surface area contributed by atoms with E-state index < -0.39 is 0 Å². The van der Waals surface area contributed by atoms with Gasteiger partial charge >= 0.3 is 0 Å². The number of methoxy groups -OCH3 is 1. The first kappa shape index (κ1) is 10.8. The zero-order valence-corrected chi connectivity index (χ0v) is 9.83. The molecule has 1 saturated carbocycles. The van der Waals surface area contributed by atoms with Crippen LogP contribution in [-0.4, -0.2) is 17.3 Å². The molecule has 18 heavy (non-hydrogen) atoms. The molecule has 2 unspecified atom stereocenters. The zero-order chi connectivity index (χ0) is 12.5. The van der Waals surface area contributed by atoms with Crippen LogP contribution < -0.4 is 4.74 Å². The summed E-state index contributed by atoms with van der Waals surface area (Å²) in [5, 5.41) is 12.7. The summed E-state index contributed by atoms with van der Waals surface area (Å²) in [7, 11) is 1.62. The summed E-state index contributed by atoms with van der Waals surface area (Å²) in [6.07, 6.45) is 0.820. The topological polar surface area (TPSA) is 71.9 Å². The molecule has 2 aromatic rings. The second-order valence-corrected chi connectivity index (χ2v) is 4.26. The molecular formula is C13H11N3O2. The Morgan fingerprint density at radius 1 is 1.39 bits per heavy atom. The van der Waals surface area contributed by atoms with Crippen LogP contribution in [-0.2, 0) is 0 Å². The van der Waals surface area contributed by atoms with Crippen LogP contribution in [0.3, 0.4) is 0 Å². The number of ether oxygens (including phenoxy) is 1. The number of aromatic nitrogens is 2. The molecule has 5 heteroatoms. The fourth-order valence-electron chi connectivity index (χ4n) is 1.85. The summed E-state index contributed by atoms with van der Waals surface area (Å²) in [4.78, 5) is 4.33. The molecule has 1 aromatic carbocycles. The van der Waals surface area contributed by atoms with Gasteiger partial charge in [0.1, 0.15) is 5.75 Å². The molecular weight excluding hydrogens is 230 g/mol. The maximum absolute atomic E-state index is 8.77. The summed E-state index contributed by atoms with van der Waals surface area (Å²) in [5.41, 5.74) is 0.875. The van der Waals surface area contributed by atoms with Crippen LogP contribution in [0.5, 0.6) is 5.75 Å². The third kappa shape index (κ3) is 1.82. The van der Waals surface area contributed by atoms with E-state index in [2.05, 4.69) is 16.2 Å². The molecule has 0 N–H and O–H groups in total. The van der Waals surface area contributed by atoms with Crippen molar-refractivity contribution in [1.82, 2.24) is 10.1 Å². The van der Waals surface area contributed by atoms with Crippen molar-refractivity contribution in [2.24, 2.45) is 5.92 Å². The van der Waals surface area contributed by atoms with Crippen molar-refractivity contribution < 1.29 is 9.26 Å². The summed E-state index contributed by atoms with van der Waals surface area (Å²) in [6, 6.07) is 9.66. The van der Waals surface area contributed by atoms with Gasteiger partial charge in [-0.15, -0.1) is 0 Å². The van der Waals surface area contributed by atoms with Crippen molar-refractivity contribution in [3.05, 3.63) is 30.2 Å².